The van der Waals surface area contributed by atoms with E-state index in [0.717, 1.165) is 50.3 Å². The molecule has 24 heavy (non-hydrogen) atoms. The highest BCUT2D eigenvalue weighted by atomic mass is 16.2. The van der Waals surface area contributed by atoms with Gasteiger partial charge in [-0.15, -0.1) is 0 Å². The van der Waals surface area contributed by atoms with Crippen molar-refractivity contribution in [2.75, 3.05) is 25.5 Å². The van der Waals surface area contributed by atoms with Gasteiger partial charge < -0.3 is 10.2 Å². The normalized spacial score (nSPS) is 18.2. The van der Waals surface area contributed by atoms with E-state index in [1.807, 2.05) is 25.2 Å². The topological polar surface area (TPSA) is 75.9 Å². The van der Waals surface area contributed by atoms with Gasteiger partial charge in [-0.25, -0.2) is 4.98 Å². The van der Waals surface area contributed by atoms with Crippen molar-refractivity contribution in [3.05, 3.63) is 36.0 Å². The average molecular weight is 328 g/mol. The number of anilines is 1. The Kier molecular flexibility index (Phi) is 5.08. The Morgan fingerprint density at radius 2 is 2.17 bits per heavy atom. The maximum absolute atomic E-state index is 12.5. The fourth-order valence-corrected chi connectivity index (χ4v) is 3.15. The molecular weight excluding hydrogens is 304 g/mol. The molecular formula is C17H24N6O. The smallest absolute Gasteiger partial charge is 0.274 e. The van der Waals surface area contributed by atoms with Crippen LogP contribution in [0, 0.1) is 5.92 Å². The van der Waals surface area contributed by atoms with Gasteiger partial charge in [0, 0.05) is 33.4 Å². The molecule has 7 heteroatoms. The van der Waals surface area contributed by atoms with Crippen LogP contribution in [0.25, 0.3) is 0 Å². The number of aryl methyl sites for hydroxylation is 1. The van der Waals surface area contributed by atoms with Gasteiger partial charge in [-0.05, 0) is 37.7 Å². The van der Waals surface area contributed by atoms with Crippen molar-refractivity contribution in [3.63, 3.8) is 0 Å². The zero-order valence-electron chi connectivity index (χ0n) is 14.3. The molecule has 2 aromatic heterocycles. The lowest BCUT2D eigenvalue weighted by Gasteiger charge is -2.19. The number of nitrogens with zero attached hydrogens (tertiary/aromatic N) is 5. The lowest BCUT2D eigenvalue weighted by Crippen LogP contribution is -2.32. The van der Waals surface area contributed by atoms with Crippen LogP contribution in [0.4, 0.5) is 5.82 Å². The molecule has 0 bridgehead atoms. The van der Waals surface area contributed by atoms with Crippen molar-refractivity contribution < 1.29 is 4.79 Å². The summed E-state index contributed by atoms with van der Waals surface area (Å²) in [5, 5.41) is 7.20. The summed E-state index contributed by atoms with van der Waals surface area (Å²) in [4.78, 5) is 23.2. The molecule has 1 aliphatic heterocycles. The molecule has 1 amide bonds. The second-order valence-electron chi connectivity index (χ2n) is 6.31. The number of likely N-dealkylation sites (tertiary alicyclic amines) is 1. The van der Waals surface area contributed by atoms with Crippen molar-refractivity contribution in [2.45, 2.75) is 25.7 Å². The van der Waals surface area contributed by atoms with Gasteiger partial charge in [-0.3, -0.25) is 14.5 Å². The Labute approximate surface area is 142 Å². The minimum absolute atomic E-state index is 0.0365. The summed E-state index contributed by atoms with van der Waals surface area (Å²) in [5.74, 6) is 1.36. The van der Waals surface area contributed by atoms with Crippen LogP contribution in [0.5, 0.6) is 0 Å². The summed E-state index contributed by atoms with van der Waals surface area (Å²) in [5.41, 5.74) is 1.55. The summed E-state index contributed by atoms with van der Waals surface area (Å²) in [6, 6.07) is 1.78. The molecule has 0 aromatic carbocycles. The van der Waals surface area contributed by atoms with Gasteiger partial charge in [0.2, 0.25) is 0 Å². The number of amides is 1. The number of nitrogens with one attached hydrogen (secondary N) is 1. The van der Waals surface area contributed by atoms with Crippen LogP contribution in [-0.2, 0) is 13.5 Å². The van der Waals surface area contributed by atoms with Crippen LogP contribution < -0.4 is 5.32 Å². The Balaban J connectivity index is 1.57. The first kappa shape index (κ1) is 16.4. The molecule has 0 saturated carbocycles. The molecule has 0 radical (unpaired) electrons. The van der Waals surface area contributed by atoms with E-state index in [1.54, 1.807) is 23.1 Å². The number of rotatable bonds is 4. The second kappa shape index (κ2) is 7.42. The molecule has 0 spiro atoms. The minimum Gasteiger partial charge on any atom is -0.372 e. The van der Waals surface area contributed by atoms with Crippen LogP contribution in [-0.4, -0.2) is 50.7 Å². The Bertz CT molecular complexity index is 681. The molecule has 3 heterocycles. The standard InChI is InChI=1S/C17H24N6O/c1-18-16-12-19-14(11-20-16)10-13-4-3-7-23(9-5-13)17(24)15-6-8-22(2)21-15/h6,8,11-13H,3-5,7,9-10H2,1-2H3,(H,18,20). The van der Waals surface area contributed by atoms with Gasteiger partial charge in [0.05, 0.1) is 18.1 Å². The van der Waals surface area contributed by atoms with Gasteiger partial charge >= 0.3 is 0 Å². The summed E-state index contributed by atoms with van der Waals surface area (Å²) in [7, 11) is 3.66. The van der Waals surface area contributed by atoms with Crippen molar-refractivity contribution in [1.29, 1.82) is 0 Å². The number of carbonyl (C=O) groups is 1. The van der Waals surface area contributed by atoms with Gasteiger partial charge in [0.25, 0.3) is 5.91 Å². The molecule has 128 valence electrons. The van der Waals surface area contributed by atoms with Crippen molar-refractivity contribution in [2.24, 2.45) is 13.0 Å². The van der Waals surface area contributed by atoms with Crippen molar-refractivity contribution >= 4 is 11.7 Å². The molecule has 1 fully saturated rings. The second-order valence-corrected chi connectivity index (χ2v) is 6.31. The lowest BCUT2D eigenvalue weighted by atomic mass is 9.95. The number of carbonyl (C=O) groups excluding carboxylic acids is 1. The van der Waals surface area contributed by atoms with Crippen LogP contribution in [0.2, 0.25) is 0 Å². The minimum atomic E-state index is 0.0365. The Morgan fingerprint density at radius 1 is 1.29 bits per heavy atom. The molecule has 1 saturated heterocycles. The highest BCUT2D eigenvalue weighted by Gasteiger charge is 2.23. The predicted octanol–water partition coefficient (Wildman–Crippen LogP) is 1.74. The first-order chi connectivity index (χ1) is 11.7. The van der Waals surface area contributed by atoms with Gasteiger partial charge in [-0.2, -0.15) is 5.10 Å². The first-order valence-corrected chi connectivity index (χ1v) is 8.43. The van der Waals surface area contributed by atoms with Crippen LogP contribution >= 0.6 is 0 Å². The third-order valence-electron chi connectivity index (χ3n) is 4.53. The molecule has 1 unspecified atom stereocenters. The van der Waals surface area contributed by atoms with Gasteiger partial charge in [0.1, 0.15) is 11.5 Å². The molecule has 0 aliphatic carbocycles. The fraction of sp³-hybridized carbons (Fsp3) is 0.529. The van der Waals surface area contributed by atoms with E-state index >= 15 is 0 Å². The number of hydrogen-bond donors (Lipinski definition) is 1. The van der Waals surface area contributed by atoms with E-state index < -0.39 is 0 Å². The maximum atomic E-state index is 12.5. The van der Waals surface area contributed by atoms with E-state index in [1.165, 1.54) is 0 Å². The lowest BCUT2D eigenvalue weighted by molar-refractivity contribution is 0.0753. The van der Waals surface area contributed by atoms with Crippen LogP contribution in [0.3, 0.4) is 0 Å². The summed E-state index contributed by atoms with van der Waals surface area (Å²) in [6.07, 6.45) is 9.46. The maximum Gasteiger partial charge on any atom is 0.274 e. The monoisotopic (exact) mass is 328 g/mol. The predicted molar refractivity (Wildman–Crippen MR) is 91.7 cm³/mol. The van der Waals surface area contributed by atoms with Crippen LogP contribution in [0.15, 0.2) is 24.7 Å². The first-order valence-electron chi connectivity index (χ1n) is 8.43. The van der Waals surface area contributed by atoms with Crippen molar-refractivity contribution in [1.82, 2.24) is 24.6 Å². The van der Waals surface area contributed by atoms with Crippen LogP contribution in [0.1, 0.15) is 35.4 Å². The average Bonchev–Trinajstić information content (AvgIpc) is 2.90. The largest absolute Gasteiger partial charge is 0.372 e. The number of aromatic nitrogens is 4. The Morgan fingerprint density at radius 3 is 2.83 bits per heavy atom. The summed E-state index contributed by atoms with van der Waals surface area (Å²) in [6.45, 7) is 1.58. The van der Waals surface area contributed by atoms with Gasteiger partial charge in [0.15, 0.2) is 0 Å². The number of hydrogen-bond acceptors (Lipinski definition) is 5. The third kappa shape index (κ3) is 3.90. The highest BCUT2D eigenvalue weighted by Crippen LogP contribution is 2.22. The van der Waals surface area contributed by atoms with E-state index in [2.05, 4.69) is 20.4 Å². The fourth-order valence-electron chi connectivity index (χ4n) is 3.15. The Hall–Kier alpha value is -2.44. The quantitative estimate of drug-likeness (QED) is 0.925. The summed E-state index contributed by atoms with van der Waals surface area (Å²) >= 11 is 0. The van der Waals surface area contributed by atoms with E-state index in [4.69, 9.17) is 0 Å². The van der Waals surface area contributed by atoms with Crippen molar-refractivity contribution in [3.8, 4) is 0 Å². The van der Waals surface area contributed by atoms with E-state index in [-0.39, 0.29) is 5.91 Å². The zero-order valence-corrected chi connectivity index (χ0v) is 14.3. The molecule has 7 nitrogen and oxygen atoms in total. The molecule has 2 aromatic rings. The zero-order chi connectivity index (χ0) is 16.9. The highest BCUT2D eigenvalue weighted by molar-refractivity contribution is 5.92. The van der Waals surface area contributed by atoms with Gasteiger partial charge in [-0.1, -0.05) is 0 Å². The summed E-state index contributed by atoms with van der Waals surface area (Å²) < 4.78 is 1.67. The third-order valence-corrected chi connectivity index (χ3v) is 4.53. The molecule has 1 atom stereocenters. The molecule has 3 rings (SSSR count). The van der Waals surface area contributed by atoms with E-state index in [0.29, 0.717) is 11.6 Å². The SMILES string of the molecule is CNc1cnc(CC2CCCN(C(=O)c3ccn(C)n3)CC2)cn1. The van der Waals surface area contributed by atoms with E-state index in [9.17, 15) is 4.79 Å². The molecule has 1 N–H and O–H groups in total. The molecule has 1 aliphatic rings.